The van der Waals surface area contributed by atoms with Crippen LogP contribution in [0.3, 0.4) is 0 Å². The smallest absolute Gasteiger partial charge is 0.326 e. The number of esters is 1. The normalized spacial score (nSPS) is 19.6. The molecule has 1 aliphatic rings. The number of carbonyl (C=O) groups excluding carboxylic acids is 2. The van der Waals surface area contributed by atoms with Crippen molar-refractivity contribution < 1.29 is 24.2 Å². The Labute approximate surface area is 93.2 Å². The van der Waals surface area contributed by atoms with Crippen molar-refractivity contribution in [1.29, 1.82) is 0 Å². The van der Waals surface area contributed by atoms with Gasteiger partial charge in [-0.2, -0.15) is 0 Å². The Kier molecular flexibility index (Phi) is 4.28. The van der Waals surface area contributed by atoms with Gasteiger partial charge in [-0.25, -0.2) is 4.79 Å². The minimum Gasteiger partial charge on any atom is -0.480 e. The van der Waals surface area contributed by atoms with Crippen LogP contribution in [0.15, 0.2) is 0 Å². The minimum atomic E-state index is -1.01. The number of aliphatic carboxylic acids is 1. The second-order valence-corrected chi connectivity index (χ2v) is 3.60. The van der Waals surface area contributed by atoms with Crippen molar-refractivity contribution in [1.82, 2.24) is 4.90 Å². The molecule has 1 amide bonds. The molecule has 1 N–H and O–H groups in total. The SMILES string of the molecule is CCC(=O)OCC(=O)N1CCC[C@@H]1C(=O)O. The van der Waals surface area contributed by atoms with E-state index in [9.17, 15) is 14.4 Å². The molecule has 0 aliphatic carbocycles. The summed E-state index contributed by atoms with van der Waals surface area (Å²) in [5.41, 5.74) is 0. The minimum absolute atomic E-state index is 0.204. The van der Waals surface area contributed by atoms with Crippen molar-refractivity contribution >= 4 is 17.8 Å². The van der Waals surface area contributed by atoms with Gasteiger partial charge in [0.2, 0.25) is 0 Å². The highest BCUT2D eigenvalue weighted by Crippen LogP contribution is 2.17. The van der Waals surface area contributed by atoms with Gasteiger partial charge in [-0.3, -0.25) is 9.59 Å². The van der Waals surface area contributed by atoms with Crippen LogP contribution < -0.4 is 0 Å². The number of ether oxygens (including phenoxy) is 1. The van der Waals surface area contributed by atoms with Gasteiger partial charge in [0.25, 0.3) is 5.91 Å². The van der Waals surface area contributed by atoms with E-state index in [4.69, 9.17) is 5.11 Å². The Hall–Kier alpha value is -1.59. The number of carboxylic acids is 1. The number of amides is 1. The number of nitrogens with zero attached hydrogens (tertiary/aromatic N) is 1. The third kappa shape index (κ3) is 2.95. The van der Waals surface area contributed by atoms with Crippen LogP contribution in [-0.4, -0.2) is 47.0 Å². The number of likely N-dealkylation sites (tertiary alicyclic amines) is 1. The van der Waals surface area contributed by atoms with E-state index >= 15 is 0 Å². The lowest BCUT2D eigenvalue weighted by Crippen LogP contribution is -2.42. The molecular weight excluding hydrogens is 214 g/mol. The first-order chi connectivity index (χ1) is 7.56. The molecule has 6 heteroatoms. The topological polar surface area (TPSA) is 83.9 Å². The zero-order chi connectivity index (χ0) is 12.1. The molecule has 1 aliphatic heterocycles. The quantitative estimate of drug-likeness (QED) is 0.687. The number of carbonyl (C=O) groups is 3. The summed E-state index contributed by atoms with van der Waals surface area (Å²) in [6.07, 6.45) is 1.34. The van der Waals surface area contributed by atoms with Crippen molar-refractivity contribution in [3.8, 4) is 0 Å². The maximum absolute atomic E-state index is 11.6. The highest BCUT2D eigenvalue weighted by Gasteiger charge is 2.34. The third-order valence-electron chi connectivity index (χ3n) is 2.50. The van der Waals surface area contributed by atoms with Crippen LogP contribution in [0.1, 0.15) is 26.2 Å². The first kappa shape index (κ1) is 12.5. The summed E-state index contributed by atoms with van der Waals surface area (Å²) in [6.45, 7) is 1.68. The van der Waals surface area contributed by atoms with Gasteiger partial charge in [-0.05, 0) is 12.8 Å². The van der Waals surface area contributed by atoms with Gasteiger partial charge in [0.1, 0.15) is 6.04 Å². The summed E-state index contributed by atoms with van der Waals surface area (Å²) in [7, 11) is 0. The van der Waals surface area contributed by atoms with E-state index in [0.717, 1.165) is 0 Å². The van der Waals surface area contributed by atoms with E-state index in [1.807, 2.05) is 0 Å². The maximum atomic E-state index is 11.6. The maximum Gasteiger partial charge on any atom is 0.326 e. The lowest BCUT2D eigenvalue weighted by molar-refractivity contribution is -0.155. The molecule has 0 spiro atoms. The number of hydrogen-bond acceptors (Lipinski definition) is 4. The van der Waals surface area contributed by atoms with Crippen LogP contribution in [0.25, 0.3) is 0 Å². The Morgan fingerprint density at radius 3 is 2.69 bits per heavy atom. The van der Waals surface area contributed by atoms with Gasteiger partial charge in [-0.1, -0.05) is 6.92 Å². The number of hydrogen-bond donors (Lipinski definition) is 1. The van der Waals surface area contributed by atoms with Crippen LogP contribution in [0.4, 0.5) is 0 Å². The molecule has 6 nitrogen and oxygen atoms in total. The standard InChI is InChI=1S/C10H15NO5/c1-2-9(13)16-6-8(12)11-5-3-4-7(11)10(14)15/h7H,2-6H2,1H3,(H,14,15)/t7-/m1/s1. The molecule has 16 heavy (non-hydrogen) atoms. The molecule has 1 saturated heterocycles. The van der Waals surface area contributed by atoms with Gasteiger partial charge in [0.05, 0.1) is 0 Å². The molecule has 0 aromatic carbocycles. The fourth-order valence-electron chi connectivity index (χ4n) is 1.65. The molecule has 0 bridgehead atoms. The molecule has 1 atom stereocenters. The second-order valence-electron chi connectivity index (χ2n) is 3.60. The Bertz CT molecular complexity index is 302. The Balaban J connectivity index is 2.47. The van der Waals surface area contributed by atoms with Crippen LogP contribution in [0.2, 0.25) is 0 Å². The fourth-order valence-corrected chi connectivity index (χ4v) is 1.65. The van der Waals surface area contributed by atoms with Crippen LogP contribution in [-0.2, 0) is 19.1 Å². The molecule has 1 rings (SSSR count). The van der Waals surface area contributed by atoms with E-state index in [1.54, 1.807) is 6.92 Å². The lowest BCUT2D eigenvalue weighted by Gasteiger charge is -2.20. The van der Waals surface area contributed by atoms with E-state index in [-0.39, 0.29) is 13.0 Å². The van der Waals surface area contributed by atoms with E-state index in [0.29, 0.717) is 19.4 Å². The summed E-state index contributed by atoms with van der Waals surface area (Å²) in [4.78, 5) is 34.5. The van der Waals surface area contributed by atoms with Crippen molar-refractivity contribution in [2.24, 2.45) is 0 Å². The zero-order valence-electron chi connectivity index (χ0n) is 9.14. The highest BCUT2D eigenvalue weighted by molar-refractivity contribution is 5.86. The summed E-state index contributed by atoms with van der Waals surface area (Å²) >= 11 is 0. The number of rotatable bonds is 4. The Morgan fingerprint density at radius 2 is 2.12 bits per heavy atom. The Morgan fingerprint density at radius 1 is 1.44 bits per heavy atom. The van der Waals surface area contributed by atoms with Crippen LogP contribution in [0.5, 0.6) is 0 Å². The van der Waals surface area contributed by atoms with Gasteiger partial charge < -0.3 is 14.7 Å². The molecule has 0 aromatic heterocycles. The fraction of sp³-hybridized carbons (Fsp3) is 0.700. The van der Waals surface area contributed by atoms with Crippen LogP contribution in [0, 0.1) is 0 Å². The van der Waals surface area contributed by atoms with Crippen molar-refractivity contribution in [3.63, 3.8) is 0 Å². The largest absolute Gasteiger partial charge is 0.480 e. The average molecular weight is 229 g/mol. The van der Waals surface area contributed by atoms with E-state index < -0.39 is 23.9 Å². The summed E-state index contributed by atoms with van der Waals surface area (Å²) < 4.78 is 4.67. The molecule has 0 saturated carbocycles. The molecule has 0 unspecified atom stereocenters. The summed E-state index contributed by atoms with van der Waals surface area (Å²) in [5, 5.41) is 8.85. The van der Waals surface area contributed by atoms with Gasteiger partial charge in [0.15, 0.2) is 6.61 Å². The zero-order valence-corrected chi connectivity index (χ0v) is 9.14. The van der Waals surface area contributed by atoms with Crippen LogP contribution >= 0.6 is 0 Å². The first-order valence-corrected chi connectivity index (χ1v) is 5.24. The first-order valence-electron chi connectivity index (χ1n) is 5.24. The average Bonchev–Trinajstić information content (AvgIpc) is 2.74. The number of carboxylic acid groups (broad SMARTS) is 1. The van der Waals surface area contributed by atoms with Gasteiger partial charge in [0, 0.05) is 13.0 Å². The predicted molar refractivity (Wildman–Crippen MR) is 53.6 cm³/mol. The molecule has 1 heterocycles. The van der Waals surface area contributed by atoms with Crippen molar-refractivity contribution in [2.45, 2.75) is 32.2 Å². The predicted octanol–water partition coefficient (Wildman–Crippen LogP) is 0.0152. The van der Waals surface area contributed by atoms with Crippen molar-refractivity contribution in [2.75, 3.05) is 13.2 Å². The van der Waals surface area contributed by atoms with E-state index in [1.165, 1.54) is 4.90 Å². The molecule has 1 fully saturated rings. The molecule has 90 valence electrons. The molecule has 0 aromatic rings. The van der Waals surface area contributed by atoms with Crippen molar-refractivity contribution in [3.05, 3.63) is 0 Å². The van der Waals surface area contributed by atoms with E-state index in [2.05, 4.69) is 4.74 Å². The summed E-state index contributed by atoms with van der Waals surface area (Å²) in [5.74, 6) is -1.90. The van der Waals surface area contributed by atoms with Gasteiger partial charge >= 0.3 is 11.9 Å². The summed E-state index contributed by atoms with van der Waals surface area (Å²) in [6, 6.07) is -0.771. The highest BCUT2D eigenvalue weighted by atomic mass is 16.5. The monoisotopic (exact) mass is 229 g/mol. The lowest BCUT2D eigenvalue weighted by atomic mass is 10.2. The second kappa shape index (κ2) is 5.48. The third-order valence-corrected chi connectivity index (χ3v) is 2.50. The molecule has 0 radical (unpaired) electrons. The van der Waals surface area contributed by atoms with Gasteiger partial charge in [-0.15, -0.1) is 0 Å². The molecular formula is C10H15NO5.